The van der Waals surface area contributed by atoms with Gasteiger partial charge in [0.05, 0.1) is 16.7 Å². The smallest absolute Gasteiger partial charge is 0.269 e. The van der Waals surface area contributed by atoms with Crippen LogP contribution in [0.15, 0.2) is 64.1 Å². The van der Waals surface area contributed by atoms with Crippen molar-refractivity contribution in [3.8, 4) is 11.3 Å². The maximum absolute atomic E-state index is 10.8. The number of H-pyrrole nitrogens is 1. The number of benzene rings is 2. The summed E-state index contributed by atoms with van der Waals surface area (Å²) in [5.41, 5.74) is 6.90. The number of hydrogen-bond donors (Lipinski definition) is 2. The number of aryl methyl sites for hydroxylation is 1. The Kier molecular flexibility index (Phi) is 4.36. The Labute approximate surface area is 174 Å². The molecule has 2 N–H and O–H groups in total. The fourth-order valence-corrected chi connectivity index (χ4v) is 3.27. The molecule has 0 unspecified atom stereocenters. The molecular weight excluding hydrogens is 398 g/mol. The van der Waals surface area contributed by atoms with Gasteiger partial charge in [0.15, 0.2) is 5.65 Å². The van der Waals surface area contributed by atoms with Gasteiger partial charge >= 0.3 is 0 Å². The van der Waals surface area contributed by atoms with Crippen molar-refractivity contribution in [2.24, 2.45) is 5.10 Å². The summed E-state index contributed by atoms with van der Waals surface area (Å²) < 4.78 is 5.71. The molecule has 0 bridgehead atoms. The van der Waals surface area contributed by atoms with Crippen LogP contribution in [0.5, 0.6) is 0 Å². The number of fused-ring (bicyclic) bond motifs is 3. The van der Waals surface area contributed by atoms with Gasteiger partial charge in [0.25, 0.3) is 11.6 Å². The highest BCUT2D eigenvalue weighted by Gasteiger charge is 2.10. The molecule has 3 aromatic heterocycles. The predicted octanol–water partition coefficient (Wildman–Crippen LogP) is 4.43. The summed E-state index contributed by atoms with van der Waals surface area (Å²) in [5.74, 6) is 1.32. The van der Waals surface area contributed by atoms with Crippen LogP contribution in [0.3, 0.4) is 0 Å². The van der Waals surface area contributed by atoms with Gasteiger partial charge in [0.1, 0.15) is 17.0 Å². The predicted molar refractivity (Wildman–Crippen MR) is 116 cm³/mol. The average Bonchev–Trinajstić information content (AvgIpc) is 3.39. The van der Waals surface area contributed by atoms with Crippen molar-refractivity contribution in [1.82, 2.24) is 20.2 Å². The van der Waals surface area contributed by atoms with Crippen molar-refractivity contribution in [1.29, 1.82) is 0 Å². The van der Waals surface area contributed by atoms with E-state index in [1.807, 2.05) is 25.1 Å². The van der Waals surface area contributed by atoms with Crippen LogP contribution in [0.2, 0.25) is 0 Å². The fourth-order valence-electron chi connectivity index (χ4n) is 3.27. The van der Waals surface area contributed by atoms with E-state index in [1.165, 1.54) is 18.3 Å². The summed E-state index contributed by atoms with van der Waals surface area (Å²) in [6.07, 6.45) is 1.48. The van der Waals surface area contributed by atoms with Gasteiger partial charge in [-0.05, 0) is 36.8 Å². The Morgan fingerprint density at radius 1 is 1.13 bits per heavy atom. The van der Waals surface area contributed by atoms with E-state index < -0.39 is 4.92 Å². The lowest BCUT2D eigenvalue weighted by Gasteiger charge is -1.97. The summed E-state index contributed by atoms with van der Waals surface area (Å²) in [5, 5.41) is 24.2. The molecule has 0 aliphatic carbocycles. The SMILES string of the molecule is Cc1cccc2c1[nH]c1nc(N/N=C/c3ccc(-c4ccc([N+](=O)[O-])cc4)o3)nnc12. The molecule has 0 atom stereocenters. The Balaban J connectivity index is 1.32. The topological polar surface area (TPSA) is 135 Å². The van der Waals surface area contributed by atoms with Gasteiger partial charge in [-0.3, -0.25) is 10.1 Å². The van der Waals surface area contributed by atoms with E-state index in [2.05, 4.69) is 30.7 Å². The van der Waals surface area contributed by atoms with Crippen LogP contribution in [-0.2, 0) is 0 Å². The van der Waals surface area contributed by atoms with Crippen LogP contribution in [-0.4, -0.2) is 31.3 Å². The van der Waals surface area contributed by atoms with Gasteiger partial charge in [0.2, 0.25) is 0 Å². The highest BCUT2D eigenvalue weighted by molar-refractivity contribution is 6.04. The van der Waals surface area contributed by atoms with Crippen molar-refractivity contribution in [2.75, 3.05) is 5.43 Å². The van der Waals surface area contributed by atoms with Gasteiger partial charge in [0, 0.05) is 23.1 Å². The normalized spacial score (nSPS) is 11.5. The third-order valence-corrected chi connectivity index (χ3v) is 4.80. The van der Waals surface area contributed by atoms with Crippen molar-refractivity contribution in [2.45, 2.75) is 6.92 Å². The maximum atomic E-state index is 10.8. The highest BCUT2D eigenvalue weighted by atomic mass is 16.6. The molecule has 5 rings (SSSR count). The van der Waals surface area contributed by atoms with Crippen molar-refractivity contribution >= 4 is 39.9 Å². The Morgan fingerprint density at radius 2 is 1.97 bits per heavy atom. The Hall–Kier alpha value is -4.60. The van der Waals surface area contributed by atoms with Crippen LogP contribution in [0.1, 0.15) is 11.3 Å². The quantitative estimate of drug-likeness (QED) is 0.247. The summed E-state index contributed by atoms with van der Waals surface area (Å²) in [7, 11) is 0. The van der Waals surface area contributed by atoms with Gasteiger partial charge in [-0.1, -0.05) is 18.2 Å². The number of anilines is 1. The maximum Gasteiger partial charge on any atom is 0.269 e. The molecule has 0 saturated carbocycles. The van der Waals surface area contributed by atoms with E-state index >= 15 is 0 Å². The molecule has 0 spiro atoms. The van der Waals surface area contributed by atoms with Crippen LogP contribution < -0.4 is 5.43 Å². The molecule has 0 amide bonds. The second kappa shape index (κ2) is 7.34. The molecule has 10 nitrogen and oxygen atoms in total. The Bertz CT molecular complexity index is 1450. The summed E-state index contributed by atoms with van der Waals surface area (Å²) in [6, 6.07) is 15.6. The van der Waals surface area contributed by atoms with E-state index in [1.54, 1.807) is 24.3 Å². The number of aromatic nitrogens is 4. The third kappa shape index (κ3) is 3.46. The number of nitro benzene ring substituents is 1. The number of non-ortho nitro benzene ring substituents is 1. The number of hydrazone groups is 1. The number of nitro groups is 1. The largest absolute Gasteiger partial charge is 0.455 e. The zero-order chi connectivity index (χ0) is 21.4. The lowest BCUT2D eigenvalue weighted by Crippen LogP contribution is -1.98. The lowest BCUT2D eigenvalue weighted by molar-refractivity contribution is -0.384. The van der Waals surface area contributed by atoms with E-state index in [-0.39, 0.29) is 11.6 Å². The molecule has 31 heavy (non-hydrogen) atoms. The van der Waals surface area contributed by atoms with Gasteiger partial charge in [-0.25, -0.2) is 5.43 Å². The van der Waals surface area contributed by atoms with E-state index in [0.717, 1.165) is 22.0 Å². The Morgan fingerprint density at radius 3 is 2.77 bits per heavy atom. The number of furan rings is 1. The van der Waals surface area contributed by atoms with E-state index in [0.29, 0.717) is 22.7 Å². The second-order valence-corrected chi connectivity index (χ2v) is 6.83. The van der Waals surface area contributed by atoms with Crippen molar-refractivity contribution in [3.63, 3.8) is 0 Å². The van der Waals surface area contributed by atoms with E-state index in [4.69, 9.17) is 4.42 Å². The molecule has 0 radical (unpaired) electrons. The van der Waals surface area contributed by atoms with Gasteiger partial charge in [-0.15, -0.1) is 10.2 Å². The molecule has 10 heteroatoms. The third-order valence-electron chi connectivity index (χ3n) is 4.80. The number of nitrogens with zero attached hydrogens (tertiary/aromatic N) is 5. The van der Waals surface area contributed by atoms with Gasteiger partial charge in [-0.2, -0.15) is 10.1 Å². The first kappa shape index (κ1) is 18.4. The molecule has 0 fully saturated rings. The molecule has 0 aliphatic heterocycles. The van der Waals surface area contributed by atoms with Crippen LogP contribution in [0, 0.1) is 17.0 Å². The minimum absolute atomic E-state index is 0.0250. The zero-order valence-electron chi connectivity index (χ0n) is 16.2. The van der Waals surface area contributed by atoms with Crippen molar-refractivity contribution in [3.05, 3.63) is 76.0 Å². The first-order valence-electron chi connectivity index (χ1n) is 9.34. The number of nitrogens with one attached hydrogen (secondary N) is 2. The van der Waals surface area contributed by atoms with Crippen LogP contribution in [0.4, 0.5) is 11.6 Å². The lowest BCUT2D eigenvalue weighted by atomic mass is 10.1. The number of rotatable bonds is 5. The standard InChI is InChI=1S/C21H15N7O3/c1-12-3-2-4-16-18(12)23-20-19(16)25-27-21(24-20)26-22-11-15-9-10-17(31-15)13-5-7-14(8-6-13)28(29)30/h2-11H,1H3,(H2,23,24,26,27)/b22-11+. The number of para-hydroxylation sites is 1. The molecule has 2 aromatic carbocycles. The van der Waals surface area contributed by atoms with E-state index in [9.17, 15) is 10.1 Å². The van der Waals surface area contributed by atoms with Gasteiger partial charge < -0.3 is 9.40 Å². The minimum atomic E-state index is -0.444. The first-order valence-corrected chi connectivity index (χ1v) is 9.34. The van der Waals surface area contributed by atoms with Crippen LogP contribution >= 0.6 is 0 Å². The number of aromatic amines is 1. The second-order valence-electron chi connectivity index (χ2n) is 6.83. The molecule has 0 aliphatic rings. The summed E-state index contributed by atoms with van der Waals surface area (Å²) in [4.78, 5) is 18.0. The molecule has 0 saturated heterocycles. The number of hydrogen-bond acceptors (Lipinski definition) is 8. The first-order chi connectivity index (χ1) is 15.1. The van der Waals surface area contributed by atoms with Crippen LogP contribution in [0.25, 0.3) is 33.4 Å². The monoisotopic (exact) mass is 413 g/mol. The van der Waals surface area contributed by atoms with Crippen molar-refractivity contribution < 1.29 is 9.34 Å². The molecule has 152 valence electrons. The minimum Gasteiger partial charge on any atom is -0.455 e. The summed E-state index contributed by atoms with van der Waals surface area (Å²) in [6.45, 7) is 2.02. The average molecular weight is 413 g/mol. The molecule has 5 aromatic rings. The summed E-state index contributed by atoms with van der Waals surface area (Å²) >= 11 is 0. The molecule has 3 heterocycles. The highest BCUT2D eigenvalue weighted by Crippen LogP contribution is 2.25. The molecular formula is C21H15N7O3. The fraction of sp³-hybridized carbons (Fsp3) is 0.0476. The zero-order valence-corrected chi connectivity index (χ0v) is 16.2.